The van der Waals surface area contributed by atoms with Gasteiger partial charge in [-0.05, 0) is 0 Å². The van der Waals surface area contributed by atoms with Gasteiger partial charge in [0.1, 0.15) is 12.4 Å². The molecule has 8 N–H and O–H groups in total. The lowest BCUT2D eigenvalue weighted by molar-refractivity contribution is -0.375. The Morgan fingerprint density at radius 3 is 1.38 bits per heavy atom. The molecule has 0 radical (unpaired) electrons. The Balaban J connectivity index is 5.36. The first-order valence-electron chi connectivity index (χ1n) is 6.31. The van der Waals surface area contributed by atoms with Crippen LogP contribution in [0.2, 0.25) is 0 Å². The van der Waals surface area contributed by atoms with Crippen molar-refractivity contribution in [1.82, 2.24) is 0 Å². The van der Waals surface area contributed by atoms with Gasteiger partial charge in [0, 0.05) is 0 Å². The number of ether oxygens (including phenoxy) is 4. The van der Waals surface area contributed by atoms with Crippen LogP contribution in [0.1, 0.15) is 0 Å². The normalized spacial score (nSPS) is 11.4. The van der Waals surface area contributed by atoms with E-state index in [9.17, 15) is 0 Å². The first-order chi connectivity index (χ1) is 10.1. The van der Waals surface area contributed by atoms with Gasteiger partial charge in [0.15, 0.2) is 0 Å². The Morgan fingerprint density at radius 2 is 1.10 bits per heavy atom. The Hall–Kier alpha value is -1.14. The molecule has 21 heavy (non-hydrogen) atoms. The quantitative estimate of drug-likeness (QED) is 0.150. The van der Waals surface area contributed by atoms with Crippen LogP contribution in [0.4, 0.5) is 0 Å². The average molecular weight is 312 g/mol. The molecule has 0 fully saturated rings. The molecular weight excluding hydrogens is 288 g/mol. The number of aliphatic hydroxyl groups is 4. The van der Waals surface area contributed by atoms with Gasteiger partial charge in [-0.2, -0.15) is 0 Å². The SMILES string of the molecule is NC(N)=C(OCCO)C(OCCO)(OCCO)OCCO. The maximum absolute atomic E-state index is 8.88. The topological polar surface area (TPSA) is 170 Å². The van der Waals surface area contributed by atoms with E-state index in [0.717, 1.165) is 0 Å². The van der Waals surface area contributed by atoms with Crippen LogP contribution >= 0.6 is 0 Å². The molecule has 10 heteroatoms. The Kier molecular flexibility index (Phi) is 10.9. The summed E-state index contributed by atoms with van der Waals surface area (Å²) < 4.78 is 21.0. The largest absolute Gasteiger partial charge is 0.485 e. The highest BCUT2D eigenvalue weighted by Crippen LogP contribution is 2.27. The number of hydrogen-bond donors (Lipinski definition) is 6. The molecule has 0 aliphatic rings. The van der Waals surface area contributed by atoms with Crippen molar-refractivity contribution in [2.75, 3.05) is 52.9 Å². The fourth-order valence-electron chi connectivity index (χ4n) is 1.36. The van der Waals surface area contributed by atoms with Gasteiger partial charge in [0.25, 0.3) is 0 Å². The maximum Gasteiger partial charge on any atom is 0.349 e. The maximum atomic E-state index is 8.88. The van der Waals surface area contributed by atoms with Crippen molar-refractivity contribution in [3.63, 3.8) is 0 Å². The van der Waals surface area contributed by atoms with E-state index in [1.807, 2.05) is 0 Å². The van der Waals surface area contributed by atoms with E-state index in [-0.39, 0.29) is 64.4 Å². The van der Waals surface area contributed by atoms with Crippen LogP contribution in [0.25, 0.3) is 0 Å². The van der Waals surface area contributed by atoms with Gasteiger partial charge < -0.3 is 50.8 Å². The Bertz CT molecular complexity index is 274. The highest BCUT2D eigenvalue weighted by Gasteiger charge is 2.42. The van der Waals surface area contributed by atoms with E-state index in [0.29, 0.717) is 0 Å². The number of rotatable bonds is 13. The molecule has 0 aliphatic heterocycles. The highest BCUT2D eigenvalue weighted by molar-refractivity contribution is 5.08. The third kappa shape index (κ3) is 6.91. The number of aliphatic hydroxyl groups excluding tert-OH is 4. The van der Waals surface area contributed by atoms with E-state index >= 15 is 0 Å². The summed E-state index contributed by atoms with van der Waals surface area (Å²) in [5.41, 5.74) is 11.0. The molecule has 10 nitrogen and oxygen atoms in total. The van der Waals surface area contributed by atoms with Crippen molar-refractivity contribution in [2.24, 2.45) is 11.5 Å². The number of hydrogen-bond acceptors (Lipinski definition) is 10. The lowest BCUT2D eigenvalue weighted by Crippen LogP contribution is -2.46. The van der Waals surface area contributed by atoms with E-state index in [2.05, 4.69) is 0 Å². The van der Waals surface area contributed by atoms with Crippen LogP contribution in [-0.4, -0.2) is 79.3 Å². The summed E-state index contributed by atoms with van der Waals surface area (Å²) in [4.78, 5) is 0. The molecule has 0 saturated carbocycles. The van der Waals surface area contributed by atoms with Crippen LogP contribution in [-0.2, 0) is 18.9 Å². The molecule has 0 unspecified atom stereocenters. The minimum atomic E-state index is -2.04. The summed E-state index contributed by atoms with van der Waals surface area (Å²) in [6.45, 7) is -2.20. The molecule has 0 saturated heterocycles. The van der Waals surface area contributed by atoms with Gasteiger partial charge in [0.05, 0.1) is 46.2 Å². The minimum absolute atomic E-state index is 0.164. The van der Waals surface area contributed by atoms with E-state index in [1.54, 1.807) is 0 Å². The van der Waals surface area contributed by atoms with Gasteiger partial charge in [0.2, 0.25) is 5.76 Å². The molecule has 0 aliphatic carbocycles. The second kappa shape index (κ2) is 11.5. The average Bonchev–Trinajstić information content (AvgIpc) is 2.48. The van der Waals surface area contributed by atoms with Crippen LogP contribution in [0, 0.1) is 0 Å². The summed E-state index contributed by atoms with van der Waals surface area (Å²) in [6.07, 6.45) is 0. The van der Waals surface area contributed by atoms with Gasteiger partial charge in [-0.15, -0.1) is 0 Å². The first kappa shape index (κ1) is 19.9. The summed E-state index contributed by atoms with van der Waals surface area (Å²) in [6, 6.07) is 0. The Labute approximate surface area is 122 Å². The van der Waals surface area contributed by atoms with Gasteiger partial charge >= 0.3 is 5.97 Å². The van der Waals surface area contributed by atoms with E-state index < -0.39 is 5.97 Å². The highest BCUT2D eigenvalue weighted by atomic mass is 16.9. The Morgan fingerprint density at radius 1 is 0.714 bits per heavy atom. The van der Waals surface area contributed by atoms with Crippen molar-refractivity contribution in [2.45, 2.75) is 5.97 Å². The minimum Gasteiger partial charge on any atom is -0.485 e. The van der Waals surface area contributed by atoms with Crippen molar-refractivity contribution in [3.05, 3.63) is 11.6 Å². The van der Waals surface area contributed by atoms with Gasteiger partial charge in [-0.25, -0.2) is 0 Å². The smallest absolute Gasteiger partial charge is 0.349 e. The molecular formula is C11H24N2O8. The molecule has 0 aromatic rings. The lowest BCUT2D eigenvalue weighted by Gasteiger charge is -2.34. The van der Waals surface area contributed by atoms with Crippen LogP contribution < -0.4 is 11.5 Å². The molecule has 0 rings (SSSR count). The van der Waals surface area contributed by atoms with Crippen molar-refractivity contribution in [1.29, 1.82) is 0 Å². The standard InChI is InChI=1S/C11H24N2O8/c12-10(13)9(18-5-1-14)11(19-6-2-15,20-7-3-16)21-8-4-17/h14-17H,1-8,12-13H2. The molecule has 126 valence electrons. The summed E-state index contributed by atoms with van der Waals surface area (Å²) in [5.74, 6) is -2.65. The predicted octanol–water partition coefficient (Wildman–Crippen LogP) is -3.24. The second-order valence-electron chi connectivity index (χ2n) is 3.63. The third-order valence-electron chi connectivity index (χ3n) is 2.03. The molecule has 0 aromatic heterocycles. The third-order valence-corrected chi connectivity index (χ3v) is 2.03. The lowest BCUT2D eigenvalue weighted by atomic mass is 10.4. The van der Waals surface area contributed by atoms with Crippen LogP contribution in [0.5, 0.6) is 0 Å². The predicted molar refractivity (Wildman–Crippen MR) is 70.3 cm³/mol. The zero-order chi connectivity index (χ0) is 16.1. The molecule has 0 amide bonds. The first-order valence-corrected chi connectivity index (χ1v) is 6.31. The van der Waals surface area contributed by atoms with E-state index in [1.165, 1.54) is 0 Å². The van der Waals surface area contributed by atoms with Crippen molar-refractivity contribution >= 4 is 0 Å². The summed E-state index contributed by atoms with van der Waals surface area (Å²) in [7, 11) is 0. The van der Waals surface area contributed by atoms with Crippen LogP contribution in [0.15, 0.2) is 11.6 Å². The molecule has 0 atom stereocenters. The van der Waals surface area contributed by atoms with Gasteiger partial charge in [-0.3, -0.25) is 0 Å². The van der Waals surface area contributed by atoms with Gasteiger partial charge in [-0.1, -0.05) is 0 Å². The van der Waals surface area contributed by atoms with Crippen molar-refractivity contribution < 1.29 is 39.4 Å². The molecule has 0 bridgehead atoms. The summed E-state index contributed by atoms with van der Waals surface area (Å²) >= 11 is 0. The molecule has 0 aromatic carbocycles. The molecule has 0 spiro atoms. The zero-order valence-corrected chi connectivity index (χ0v) is 11.7. The number of nitrogens with two attached hydrogens (primary N) is 2. The van der Waals surface area contributed by atoms with Crippen molar-refractivity contribution in [3.8, 4) is 0 Å². The van der Waals surface area contributed by atoms with E-state index in [4.69, 9.17) is 50.8 Å². The summed E-state index contributed by atoms with van der Waals surface area (Å²) in [5, 5.41) is 35.5. The monoisotopic (exact) mass is 312 g/mol. The van der Waals surface area contributed by atoms with Crippen LogP contribution in [0.3, 0.4) is 0 Å². The zero-order valence-electron chi connectivity index (χ0n) is 11.7. The fraction of sp³-hybridized carbons (Fsp3) is 0.818. The fourth-order valence-corrected chi connectivity index (χ4v) is 1.36. The second-order valence-corrected chi connectivity index (χ2v) is 3.63. The molecule has 0 heterocycles.